The van der Waals surface area contributed by atoms with Gasteiger partial charge in [0.1, 0.15) is 0 Å². The Labute approximate surface area is 174 Å². The number of nitrogens with two attached hydrogens (primary N) is 1. The van der Waals surface area contributed by atoms with Crippen molar-refractivity contribution in [3.63, 3.8) is 0 Å². The first-order valence-corrected chi connectivity index (χ1v) is 11.2. The molecule has 1 saturated heterocycles. The molecule has 1 aliphatic rings. The van der Waals surface area contributed by atoms with E-state index in [0.717, 1.165) is 56.9 Å². The third kappa shape index (κ3) is 4.70. The van der Waals surface area contributed by atoms with E-state index in [2.05, 4.69) is 30.5 Å². The molecule has 0 bridgehead atoms. The van der Waals surface area contributed by atoms with Gasteiger partial charge in [0.15, 0.2) is 0 Å². The highest BCUT2D eigenvalue weighted by molar-refractivity contribution is 7.89. The zero-order chi connectivity index (χ0) is 21.0. The maximum absolute atomic E-state index is 12.1. The normalized spacial score (nSPS) is 15.4. The smallest absolute Gasteiger partial charge is 0.238 e. The number of sulfonamides is 1. The summed E-state index contributed by atoms with van der Waals surface area (Å²) in [5.74, 6) is 0.157. The highest BCUT2D eigenvalue weighted by atomic mass is 32.2. The molecule has 1 aliphatic heterocycles. The number of nitrogens with one attached hydrogen (secondary N) is 1. The zero-order valence-electron chi connectivity index (χ0n) is 16.4. The fraction of sp³-hybridized carbons (Fsp3) is 0.368. The van der Waals surface area contributed by atoms with E-state index >= 15 is 0 Å². The van der Waals surface area contributed by atoms with Crippen LogP contribution in [0.3, 0.4) is 0 Å². The van der Waals surface area contributed by atoms with E-state index < -0.39 is 10.0 Å². The largest absolute Gasteiger partial charge is 0.379 e. The van der Waals surface area contributed by atoms with Crippen LogP contribution in [0.15, 0.2) is 41.4 Å². The highest BCUT2D eigenvalue weighted by Gasteiger charge is 2.22. The number of nitrogens with zero attached hydrogens (tertiary/aromatic N) is 5. The number of benzene rings is 1. The summed E-state index contributed by atoms with van der Waals surface area (Å²) in [6.07, 6.45) is 3.61. The number of pyridine rings is 1. The molecule has 11 heteroatoms. The number of aryl methyl sites for hydroxylation is 1. The number of primary sulfonamides is 1. The molecule has 1 fully saturated rings. The lowest BCUT2D eigenvalue weighted by atomic mass is 10.00. The molecular weight excluding hydrogens is 406 g/mol. The molecule has 3 heterocycles. The summed E-state index contributed by atoms with van der Waals surface area (Å²) < 4.78 is 29.6. The van der Waals surface area contributed by atoms with Gasteiger partial charge >= 0.3 is 0 Å². The third-order valence-corrected chi connectivity index (χ3v) is 6.00. The SMILES string of the molecule is NS(=O)(=O)c1cccc(-c2ccc(CCCN3CCOCC3)nc2)c1-c1nn[nH]n1. The first kappa shape index (κ1) is 20.5. The lowest BCUT2D eigenvalue weighted by Gasteiger charge is -2.26. The fourth-order valence-electron chi connectivity index (χ4n) is 3.55. The van der Waals surface area contributed by atoms with Crippen LogP contribution in [-0.4, -0.2) is 71.8 Å². The summed E-state index contributed by atoms with van der Waals surface area (Å²) in [5, 5.41) is 19.2. The third-order valence-electron chi connectivity index (χ3n) is 5.05. The first-order valence-electron chi connectivity index (χ1n) is 9.67. The Bertz CT molecular complexity index is 1080. The average Bonchev–Trinajstić information content (AvgIpc) is 3.28. The van der Waals surface area contributed by atoms with E-state index in [1.807, 2.05) is 12.1 Å². The van der Waals surface area contributed by atoms with Gasteiger partial charge in [-0.1, -0.05) is 18.2 Å². The number of tetrazole rings is 1. The van der Waals surface area contributed by atoms with Crippen LogP contribution in [-0.2, 0) is 21.2 Å². The van der Waals surface area contributed by atoms with Crippen LogP contribution < -0.4 is 5.14 Å². The molecule has 0 radical (unpaired) electrons. The van der Waals surface area contributed by atoms with E-state index in [9.17, 15) is 8.42 Å². The van der Waals surface area contributed by atoms with E-state index in [0.29, 0.717) is 11.1 Å². The predicted molar refractivity (Wildman–Crippen MR) is 110 cm³/mol. The highest BCUT2D eigenvalue weighted by Crippen LogP contribution is 2.34. The van der Waals surface area contributed by atoms with Crippen LogP contribution in [0.5, 0.6) is 0 Å². The molecule has 0 aliphatic carbocycles. The summed E-state index contributed by atoms with van der Waals surface area (Å²) >= 11 is 0. The topological polar surface area (TPSA) is 140 Å². The molecule has 3 aromatic rings. The van der Waals surface area contributed by atoms with Gasteiger partial charge in [0, 0.05) is 30.5 Å². The van der Waals surface area contributed by atoms with Gasteiger partial charge in [-0.25, -0.2) is 13.6 Å². The predicted octanol–water partition coefficient (Wildman–Crippen LogP) is 0.841. The molecule has 30 heavy (non-hydrogen) atoms. The van der Waals surface area contributed by atoms with Crippen molar-refractivity contribution in [2.24, 2.45) is 5.14 Å². The monoisotopic (exact) mass is 429 g/mol. The molecule has 0 spiro atoms. The summed E-state index contributed by atoms with van der Waals surface area (Å²) in [7, 11) is -3.98. The Balaban J connectivity index is 1.55. The minimum Gasteiger partial charge on any atom is -0.379 e. The van der Waals surface area contributed by atoms with Gasteiger partial charge in [0.2, 0.25) is 15.8 Å². The minimum absolute atomic E-state index is 0.0593. The number of H-pyrrole nitrogens is 1. The molecule has 4 rings (SSSR count). The van der Waals surface area contributed by atoms with E-state index in [4.69, 9.17) is 9.88 Å². The van der Waals surface area contributed by atoms with E-state index in [1.165, 1.54) is 6.07 Å². The van der Waals surface area contributed by atoms with E-state index in [-0.39, 0.29) is 10.7 Å². The maximum Gasteiger partial charge on any atom is 0.238 e. The summed E-state index contributed by atoms with van der Waals surface area (Å²) in [6.45, 7) is 4.57. The van der Waals surface area contributed by atoms with Gasteiger partial charge in [0.25, 0.3) is 0 Å². The molecule has 158 valence electrons. The Kier molecular flexibility index (Phi) is 6.13. The lowest BCUT2D eigenvalue weighted by Crippen LogP contribution is -2.36. The van der Waals surface area contributed by atoms with Crippen molar-refractivity contribution in [3.05, 3.63) is 42.2 Å². The van der Waals surface area contributed by atoms with Crippen LogP contribution >= 0.6 is 0 Å². The van der Waals surface area contributed by atoms with Crippen LogP contribution in [0.25, 0.3) is 22.5 Å². The zero-order valence-corrected chi connectivity index (χ0v) is 17.2. The van der Waals surface area contributed by atoms with Crippen molar-refractivity contribution < 1.29 is 13.2 Å². The summed E-state index contributed by atoms with van der Waals surface area (Å²) in [6, 6.07) is 8.73. The second-order valence-electron chi connectivity index (χ2n) is 7.05. The lowest BCUT2D eigenvalue weighted by molar-refractivity contribution is 0.0374. The van der Waals surface area contributed by atoms with E-state index in [1.54, 1.807) is 18.3 Å². The average molecular weight is 430 g/mol. The van der Waals surface area contributed by atoms with Crippen LogP contribution in [0.4, 0.5) is 0 Å². The van der Waals surface area contributed by atoms with Crippen LogP contribution in [0.1, 0.15) is 12.1 Å². The molecular formula is C19H23N7O3S. The van der Waals surface area contributed by atoms with Crippen molar-refractivity contribution in [2.75, 3.05) is 32.8 Å². The number of hydrogen-bond acceptors (Lipinski definition) is 8. The fourth-order valence-corrected chi connectivity index (χ4v) is 4.30. The number of rotatable bonds is 7. The Morgan fingerprint density at radius 1 is 1.17 bits per heavy atom. The summed E-state index contributed by atoms with van der Waals surface area (Å²) in [5.41, 5.74) is 2.65. The number of aromatic nitrogens is 5. The number of aromatic amines is 1. The van der Waals surface area contributed by atoms with Gasteiger partial charge in [-0.15, -0.1) is 10.2 Å². The molecule has 0 saturated carbocycles. The van der Waals surface area contributed by atoms with Crippen LogP contribution in [0.2, 0.25) is 0 Å². The van der Waals surface area contributed by atoms with Crippen molar-refractivity contribution in [1.82, 2.24) is 30.5 Å². The first-order chi connectivity index (χ1) is 14.5. The van der Waals surface area contributed by atoms with Crippen molar-refractivity contribution >= 4 is 10.0 Å². The second-order valence-corrected chi connectivity index (χ2v) is 8.58. The Morgan fingerprint density at radius 3 is 2.67 bits per heavy atom. The number of hydrogen-bond donors (Lipinski definition) is 2. The minimum atomic E-state index is -3.98. The quantitative estimate of drug-likeness (QED) is 0.563. The van der Waals surface area contributed by atoms with Gasteiger partial charge in [-0.05, 0) is 42.3 Å². The van der Waals surface area contributed by atoms with Gasteiger partial charge in [-0.2, -0.15) is 5.21 Å². The van der Waals surface area contributed by atoms with Crippen molar-refractivity contribution in [2.45, 2.75) is 17.7 Å². The summed E-state index contributed by atoms with van der Waals surface area (Å²) in [4.78, 5) is 6.90. The Morgan fingerprint density at radius 2 is 2.00 bits per heavy atom. The maximum atomic E-state index is 12.1. The van der Waals surface area contributed by atoms with Gasteiger partial charge in [0.05, 0.1) is 23.7 Å². The molecule has 3 N–H and O–H groups in total. The van der Waals surface area contributed by atoms with Crippen molar-refractivity contribution in [3.8, 4) is 22.5 Å². The molecule has 10 nitrogen and oxygen atoms in total. The molecule has 0 atom stereocenters. The molecule has 0 unspecified atom stereocenters. The van der Waals surface area contributed by atoms with Gasteiger partial charge < -0.3 is 4.74 Å². The molecule has 1 aromatic carbocycles. The van der Waals surface area contributed by atoms with Crippen LogP contribution in [0, 0.1) is 0 Å². The standard InChI is InChI=1S/C19H23N7O3S/c20-30(27,28)17-5-1-4-16(18(17)19-22-24-25-23-19)14-6-7-15(21-13-14)3-2-8-26-9-11-29-12-10-26/h1,4-7,13H,2-3,8-12H2,(H2,20,27,28)(H,22,23,24,25). The van der Waals surface area contributed by atoms with Crippen molar-refractivity contribution in [1.29, 1.82) is 0 Å². The second kappa shape index (κ2) is 8.96. The molecule has 0 amide bonds. The number of morpholine rings is 1. The van der Waals surface area contributed by atoms with Gasteiger partial charge in [-0.3, -0.25) is 9.88 Å². The Hall–Kier alpha value is -2.73. The molecule has 2 aromatic heterocycles. The number of ether oxygens (including phenoxy) is 1.